The van der Waals surface area contributed by atoms with Gasteiger partial charge >= 0.3 is 0 Å². The molecule has 1 saturated heterocycles. The molecule has 2 rings (SSSR count). The summed E-state index contributed by atoms with van der Waals surface area (Å²) in [5, 5.41) is 0. The average molecular weight is 322 g/mol. The van der Waals surface area contributed by atoms with E-state index in [-0.39, 0.29) is 18.4 Å². The predicted octanol–water partition coefficient (Wildman–Crippen LogP) is 0.915. The van der Waals surface area contributed by atoms with Gasteiger partial charge in [0.05, 0.1) is 27.4 Å². The van der Waals surface area contributed by atoms with Gasteiger partial charge in [0.1, 0.15) is 6.54 Å². The first kappa shape index (κ1) is 17.1. The lowest BCUT2D eigenvalue weighted by molar-refractivity contribution is -0.134. The molecule has 0 saturated carbocycles. The highest BCUT2D eigenvalue weighted by Crippen LogP contribution is 2.31. The molecule has 1 aromatic carbocycles. The van der Waals surface area contributed by atoms with Gasteiger partial charge < -0.3 is 24.0 Å². The topological polar surface area (TPSA) is 68.3 Å². The van der Waals surface area contributed by atoms with Gasteiger partial charge in [0.15, 0.2) is 11.5 Å². The van der Waals surface area contributed by atoms with E-state index in [1.807, 2.05) is 0 Å². The lowest BCUT2D eigenvalue weighted by atomic mass is 10.2. The van der Waals surface area contributed by atoms with E-state index in [9.17, 15) is 9.59 Å². The van der Waals surface area contributed by atoms with Crippen molar-refractivity contribution in [3.63, 3.8) is 0 Å². The van der Waals surface area contributed by atoms with E-state index < -0.39 is 0 Å². The van der Waals surface area contributed by atoms with E-state index in [0.29, 0.717) is 43.5 Å². The monoisotopic (exact) mass is 322 g/mol. The molecule has 0 bridgehead atoms. The zero-order valence-electron chi connectivity index (χ0n) is 13.7. The van der Waals surface area contributed by atoms with Crippen molar-refractivity contribution in [2.24, 2.45) is 0 Å². The van der Waals surface area contributed by atoms with Gasteiger partial charge in [0.2, 0.25) is 11.8 Å². The van der Waals surface area contributed by atoms with Gasteiger partial charge in [-0.05, 0) is 12.1 Å². The van der Waals surface area contributed by atoms with Gasteiger partial charge in [-0.15, -0.1) is 0 Å². The summed E-state index contributed by atoms with van der Waals surface area (Å²) >= 11 is 0. The van der Waals surface area contributed by atoms with Gasteiger partial charge in [0, 0.05) is 31.8 Å². The van der Waals surface area contributed by atoms with E-state index in [1.165, 1.54) is 18.9 Å². The second-order valence-corrected chi connectivity index (χ2v) is 5.14. The van der Waals surface area contributed by atoms with Crippen LogP contribution in [0.15, 0.2) is 18.2 Å². The Morgan fingerprint density at radius 3 is 2.39 bits per heavy atom. The van der Waals surface area contributed by atoms with Gasteiger partial charge in [-0.3, -0.25) is 9.59 Å². The molecule has 126 valence electrons. The van der Waals surface area contributed by atoms with Crippen LogP contribution in [0.2, 0.25) is 0 Å². The van der Waals surface area contributed by atoms with Crippen LogP contribution in [0, 0.1) is 0 Å². The standard InChI is InChI=1S/C16H22N2O5/c1-12(19)18(11-16(20)17-6-8-23-9-7-17)13-4-5-14(21-2)15(10-13)22-3/h4-5,10H,6-9,11H2,1-3H3. The van der Waals surface area contributed by atoms with Crippen LogP contribution in [-0.2, 0) is 14.3 Å². The number of rotatable bonds is 5. The number of ether oxygens (including phenoxy) is 3. The molecule has 0 N–H and O–H groups in total. The molecule has 0 unspecified atom stereocenters. The maximum Gasteiger partial charge on any atom is 0.242 e. The van der Waals surface area contributed by atoms with E-state index >= 15 is 0 Å². The fourth-order valence-corrected chi connectivity index (χ4v) is 2.43. The highest BCUT2D eigenvalue weighted by Gasteiger charge is 2.22. The van der Waals surface area contributed by atoms with Gasteiger partial charge in [-0.2, -0.15) is 0 Å². The third kappa shape index (κ3) is 4.13. The van der Waals surface area contributed by atoms with Crippen molar-refractivity contribution < 1.29 is 23.8 Å². The molecular weight excluding hydrogens is 300 g/mol. The normalized spacial score (nSPS) is 14.3. The first-order valence-corrected chi connectivity index (χ1v) is 7.42. The second-order valence-electron chi connectivity index (χ2n) is 5.14. The van der Waals surface area contributed by atoms with E-state index in [4.69, 9.17) is 14.2 Å². The lowest BCUT2D eigenvalue weighted by Crippen LogP contribution is -2.46. The smallest absolute Gasteiger partial charge is 0.242 e. The molecule has 0 radical (unpaired) electrons. The van der Waals surface area contributed by atoms with E-state index in [1.54, 1.807) is 30.2 Å². The van der Waals surface area contributed by atoms with Crippen LogP contribution < -0.4 is 14.4 Å². The minimum Gasteiger partial charge on any atom is -0.493 e. The van der Waals surface area contributed by atoms with Crippen LogP contribution in [0.4, 0.5) is 5.69 Å². The van der Waals surface area contributed by atoms with E-state index in [2.05, 4.69) is 0 Å². The Morgan fingerprint density at radius 1 is 1.17 bits per heavy atom. The van der Waals surface area contributed by atoms with Crippen LogP contribution in [0.3, 0.4) is 0 Å². The summed E-state index contributed by atoms with van der Waals surface area (Å²) in [7, 11) is 3.07. The Labute approximate surface area is 135 Å². The molecule has 1 aromatic rings. The van der Waals surface area contributed by atoms with Crippen molar-refractivity contribution >= 4 is 17.5 Å². The summed E-state index contributed by atoms with van der Waals surface area (Å²) in [5.41, 5.74) is 0.594. The summed E-state index contributed by atoms with van der Waals surface area (Å²) in [6, 6.07) is 5.13. The fourth-order valence-electron chi connectivity index (χ4n) is 2.43. The number of benzene rings is 1. The minimum atomic E-state index is -0.209. The molecule has 1 aliphatic rings. The summed E-state index contributed by atoms with van der Waals surface area (Å²) in [6.45, 7) is 3.59. The molecular formula is C16H22N2O5. The molecule has 1 aliphatic heterocycles. The van der Waals surface area contributed by atoms with Gasteiger partial charge in [0.25, 0.3) is 0 Å². The van der Waals surface area contributed by atoms with Crippen molar-refractivity contribution in [3.8, 4) is 11.5 Å². The van der Waals surface area contributed by atoms with Crippen molar-refractivity contribution in [2.75, 3.05) is 52.0 Å². The Morgan fingerprint density at radius 2 is 1.83 bits per heavy atom. The molecule has 0 atom stereocenters. The van der Waals surface area contributed by atoms with Crippen LogP contribution in [0.25, 0.3) is 0 Å². The molecule has 1 fully saturated rings. The molecule has 2 amide bonds. The van der Waals surface area contributed by atoms with Crippen LogP contribution in [-0.4, -0.2) is 63.8 Å². The first-order chi connectivity index (χ1) is 11.1. The molecule has 7 heteroatoms. The van der Waals surface area contributed by atoms with Crippen molar-refractivity contribution in [2.45, 2.75) is 6.92 Å². The zero-order chi connectivity index (χ0) is 16.8. The molecule has 1 heterocycles. The number of hydrogen-bond donors (Lipinski definition) is 0. The van der Waals surface area contributed by atoms with Gasteiger partial charge in [-0.25, -0.2) is 0 Å². The maximum atomic E-state index is 12.4. The molecule has 0 aliphatic carbocycles. The Bertz CT molecular complexity index is 570. The second kappa shape index (κ2) is 7.82. The molecule has 0 aromatic heterocycles. The zero-order valence-corrected chi connectivity index (χ0v) is 13.7. The number of morpholine rings is 1. The first-order valence-electron chi connectivity index (χ1n) is 7.42. The van der Waals surface area contributed by atoms with Crippen molar-refractivity contribution in [3.05, 3.63) is 18.2 Å². The summed E-state index contributed by atoms with van der Waals surface area (Å²) in [6.07, 6.45) is 0. The van der Waals surface area contributed by atoms with Crippen molar-refractivity contribution in [1.29, 1.82) is 0 Å². The van der Waals surface area contributed by atoms with Crippen LogP contribution >= 0.6 is 0 Å². The quantitative estimate of drug-likeness (QED) is 0.806. The predicted molar refractivity (Wildman–Crippen MR) is 85.0 cm³/mol. The number of carbonyl (C=O) groups excluding carboxylic acids is 2. The SMILES string of the molecule is COc1ccc(N(CC(=O)N2CCOCC2)C(C)=O)cc1OC. The summed E-state index contributed by atoms with van der Waals surface area (Å²) in [5.74, 6) is 0.770. The minimum absolute atomic E-state index is 0.00911. The Hall–Kier alpha value is -2.28. The Balaban J connectivity index is 2.17. The van der Waals surface area contributed by atoms with Crippen molar-refractivity contribution in [1.82, 2.24) is 4.90 Å². The Kier molecular flexibility index (Phi) is 5.81. The molecule has 23 heavy (non-hydrogen) atoms. The third-order valence-corrected chi connectivity index (χ3v) is 3.72. The number of anilines is 1. The number of carbonyl (C=O) groups is 2. The number of methoxy groups -OCH3 is 2. The van der Waals surface area contributed by atoms with Gasteiger partial charge in [-0.1, -0.05) is 0 Å². The third-order valence-electron chi connectivity index (χ3n) is 3.72. The number of nitrogens with zero attached hydrogens (tertiary/aromatic N) is 2. The lowest BCUT2D eigenvalue weighted by Gasteiger charge is -2.29. The van der Waals surface area contributed by atoms with E-state index in [0.717, 1.165) is 0 Å². The highest BCUT2D eigenvalue weighted by molar-refractivity contribution is 5.97. The summed E-state index contributed by atoms with van der Waals surface area (Å²) in [4.78, 5) is 27.5. The maximum absolute atomic E-state index is 12.4. The number of amides is 2. The molecule has 7 nitrogen and oxygen atoms in total. The largest absolute Gasteiger partial charge is 0.493 e. The highest BCUT2D eigenvalue weighted by atomic mass is 16.5. The summed E-state index contributed by atoms with van der Waals surface area (Å²) < 4.78 is 15.7. The van der Waals surface area contributed by atoms with Crippen LogP contribution in [0.5, 0.6) is 11.5 Å². The average Bonchev–Trinajstić information content (AvgIpc) is 2.59. The van der Waals surface area contributed by atoms with Crippen LogP contribution in [0.1, 0.15) is 6.92 Å². The fraction of sp³-hybridized carbons (Fsp3) is 0.500. The number of hydrogen-bond acceptors (Lipinski definition) is 5. The molecule has 0 spiro atoms.